The molecule has 0 saturated carbocycles. The number of methoxy groups -OCH3 is 4. The largest absolute Gasteiger partial charge is 0.497 e. The molecule has 2 aromatic rings. The summed E-state index contributed by atoms with van der Waals surface area (Å²) < 4.78 is 21.1. The molecule has 0 heterocycles. The predicted molar refractivity (Wildman–Crippen MR) is 98.0 cm³/mol. The van der Waals surface area contributed by atoms with Gasteiger partial charge >= 0.3 is 0 Å². The second-order valence-corrected chi connectivity index (χ2v) is 5.07. The van der Waals surface area contributed by atoms with Gasteiger partial charge in [-0.25, -0.2) is 4.99 Å². The molecule has 0 bridgehead atoms. The van der Waals surface area contributed by atoms with Crippen molar-refractivity contribution >= 4 is 11.6 Å². The molecular formula is C18H23N3O4. The number of benzene rings is 2. The maximum Gasteiger partial charge on any atom is 0.193 e. The SMILES string of the molecule is COc1ccc(NC(N)=NCc2cc(OC)c(OC)cc2OC)cc1. The number of hydrogen-bond acceptors (Lipinski definition) is 5. The van der Waals surface area contributed by atoms with Gasteiger partial charge in [-0.3, -0.25) is 0 Å². The summed E-state index contributed by atoms with van der Waals surface area (Å²) in [5, 5.41) is 3.03. The summed E-state index contributed by atoms with van der Waals surface area (Å²) in [4.78, 5) is 4.35. The minimum Gasteiger partial charge on any atom is -0.497 e. The quantitative estimate of drug-likeness (QED) is 0.592. The van der Waals surface area contributed by atoms with Gasteiger partial charge in [0.05, 0.1) is 35.0 Å². The molecular weight excluding hydrogens is 322 g/mol. The first-order valence-corrected chi connectivity index (χ1v) is 7.61. The number of ether oxygens (including phenoxy) is 4. The van der Waals surface area contributed by atoms with Gasteiger partial charge in [0.1, 0.15) is 11.5 Å². The van der Waals surface area contributed by atoms with E-state index in [2.05, 4.69) is 10.3 Å². The van der Waals surface area contributed by atoms with Crippen molar-refractivity contribution in [2.75, 3.05) is 33.8 Å². The molecule has 0 aliphatic rings. The summed E-state index contributed by atoms with van der Waals surface area (Å²) in [7, 11) is 6.37. The Balaban J connectivity index is 2.13. The Morgan fingerprint density at radius 3 is 2.04 bits per heavy atom. The molecule has 0 saturated heterocycles. The lowest BCUT2D eigenvalue weighted by Gasteiger charge is -2.13. The minimum absolute atomic E-state index is 0.294. The first-order valence-electron chi connectivity index (χ1n) is 7.61. The van der Waals surface area contributed by atoms with E-state index in [4.69, 9.17) is 24.7 Å². The molecule has 7 nitrogen and oxygen atoms in total. The van der Waals surface area contributed by atoms with Crippen LogP contribution in [0.5, 0.6) is 23.0 Å². The van der Waals surface area contributed by atoms with E-state index < -0.39 is 0 Å². The molecule has 0 aromatic heterocycles. The molecule has 134 valence electrons. The van der Waals surface area contributed by atoms with Crippen LogP contribution >= 0.6 is 0 Å². The van der Waals surface area contributed by atoms with Crippen LogP contribution in [0.25, 0.3) is 0 Å². The predicted octanol–water partition coefficient (Wildman–Crippen LogP) is 2.65. The monoisotopic (exact) mass is 345 g/mol. The highest BCUT2D eigenvalue weighted by molar-refractivity contribution is 5.92. The number of nitrogens with zero attached hydrogens (tertiary/aromatic N) is 1. The fourth-order valence-corrected chi connectivity index (χ4v) is 2.25. The number of rotatable bonds is 7. The summed E-state index contributed by atoms with van der Waals surface area (Å²) in [5.74, 6) is 2.92. The minimum atomic E-state index is 0.294. The van der Waals surface area contributed by atoms with Crippen LogP contribution in [0.1, 0.15) is 5.56 Å². The standard InChI is InChI=1S/C18H23N3O4/c1-22-14-7-5-13(6-8-14)21-18(19)20-11-12-9-16(24-3)17(25-4)10-15(12)23-2/h5-10H,11H2,1-4H3,(H3,19,20,21). The molecule has 2 rings (SSSR count). The lowest BCUT2D eigenvalue weighted by Crippen LogP contribution is -2.22. The number of anilines is 1. The van der Waals surface area contributed by atoms with Crippen molar-refractivity contribution in [1.82, 2.24) is 0 Å². The van der Waals surface area contributed by atoms with Gasteiger partial charge in [0, 0.05) is 17.3 Å². The van der Waals surface area contributed by atoms with Gasteiger partial charge in [0.25, 0.3) is 0 Å². The lowest BCUT2D eigenvalue weighted by molar-refractivity contribution is 0.347. The highest BCUT2D eigenvalue weighted by atomic mass is 16.5. The van der Waals surface area contributed by atoms with E-state index in [-0.39, 0.29) is 0 Å². The molecule has 2 aromatic carbocycles. The molecule has 0 radical (unpaired) electrons. The van der Waals surface area contributed by atoms with E-state index in [0.717, 1.165) is 17.0 Å². The Labute approximate surface area is 147 Å². The van der Waals surface area contributed by atoms with E-state index in [1.54, 1.807) is 34.5 Å². The Hall–Kier alpha value is -3.09. The third-order valence-electron chi connectivity index (χ3n) is 3.57. The van der Waals surface area contributed by atoms with Crippen LogP contribution < -0.4 is 30.0 Å². The fraction of sp³-hybridized carbons (Fsp3) is 0.278. The Morgan fingerprint density at radius 2 is 1.48 bits per heavy atom. The van der Waals surface area contributed by atoms with E-state index >= 15 is 0 Å². The van der Waals surface area contributed by atoms with Crippen LogP contribution in [0.15, 0.2) is 41.4 Å². The molecule has 0 unspecified atom stereocenters. The highest BCUT2D eigenvalue weighted by Gasteiger charge is 2.11. The van der Waals surface area contributed by atoms with Gasteiger partial charge in [-0.2, -0.15) is 0 Å². The van der Waals surface area contributed by atoms with Crippen LogP contribution in [-0.2, 0) is 6.54 Å². The molecule has 0 spiro atoms. The van der Waals surface area contributed by atoms with Crippen molar-refractivity contribution in [2.45, 2.75) is 6.54 Å². The third-order valence-corrected chi connectivity index (χ3v) is 3.57. The van der Waals surface area contributed by atoms with Crippen LogP contribution in [0, 0.1) is 0 Å². The van der Waals surface area contributed by atoms with E-state index in [1.807, 2.05) is 30.3 Å². The van der Waals surface area contributed by atoms with E-state index in [0.29, 0.717) is 29.8 Å². The van der Waals surface area contributed by atoms with Gasteiger partial charge < -0.3 is 30.0 Å². The average Bonchev–Trinajstić information content (AvgIpc) is 2.66. The van der Waals surface area contributed by atoms with Crippen LogP contribution in [0.3, 0.4) is 0 Å². The number of hydrogen-bond donors (Lipinski definition) is 2. The maximum absolute atomic E-state index is 5.95. The number of aliphatic imine (C=N–C) groups is 1. The van der Waals surface area contributed by atoms with Gasteiger partial charge in [-0.15, -0.1) is 0 Å². The van der Waals surface area contributed by atoms with Gasteiger partial charge in [0.2, 0.25) is 0 Å². The Kier molecular flexibility index (Phi) is 6.33. The molecule has 0 aliphatic heterocycles. The number of guanidine groups is 1. The van der Waals surface area contributed by atoms with Crippen molar-refractivity contribution < 1.29 is 18.9 Å². The molecule has 0 aliphatic carbocycles. The highest BCUT2D eigenvalue weighted by Crippen LogP contribution is 2.34. The maximum atomic E-state index is 5.95. The lowest BCUT2D eigenvalue weighted by atomic mass is 10.1. The van der Waals surface area contributed by atoms with Gasteiger partial charge in [-0.1, -0.05) is 0 Å². The Bertz CT molecular complexity index is 730. The molecule has 0 atom stereocenters. The van der Waals surface area contributed by atoms with Crippen molar-refractivity contribution in [3.8, 4) is 23.0 Å². The topological polar surface area (TPSA) is 87.3 Å². The average molecular weight is 345 g/mol. The molecule has 25 heavy (non-hydrogen) atoms. The zero-order chi connectivity index (χ0) is 18.2. The third kappa shape index (κ3) is 4.69. The summed E-state index contributed by atoms with van der Waals surface area (Å²) in [5.41, 5.74) is 7.61. The number of nitrogens with two attached hydrogens (primary N) is 1. The van der Waals surface area contributed by atoms with Crippen LogP contribution in [0.2, 0.25) is 0 Å². The second-order valence-electron chi connectivity index (χ2n) is 5.07. The summed E-state index contributed by atoms with van der Waals surface area (Å²) >= 11 is 0. The van der Waals surface area contributed by atoms with Gasteiger partial charge in [0.15, 0.2) is 17.5 Å². The van der Waals surface area contributed by atoms with Crippen molar-refractivity contribution in [1.29, 1.82) is 0 Å². The fourth-order valence-electron chi connectivity index (χ4n) is 2.25. The number of nitrogens with one attached hydrogen (secondary N) is 1. The zero-order valence-electron chi connectivity index (χ0n) is 14.8. The first-order chi connectivity index (χ1) is 12.1. The normalized spacial score (nSPS) is 11.0. The smallest absolute Gasteiger partial charge is 0.193 e. The summed E-state index contributed by atoms with van der Waals surface area (Å²) in [6.45, 7) is 0.332. The molecule has 3 N–H and O–H groups in total. The van der Waals surface area contributed by atoms with Crippen molar-refractivity contribution in [2.24, 2.45) is 10.7 Å². The van der Waals surface area contributed by atoms with E-state index in [1.165, 1.54) is 0 Å². The summed E-state index contributed by atoms with van der Waals surface area (Å²) in [6.07, 6.45) is 0. The molecule has 7 heteroatoms. The molecule has 0 amide bonds. The van der Waals surface area contributed by atoms with Crippen molar-refractivity contribution in [3.63, 3.8) is 0 Å². The first kappa shape index (κ1) is 18.3. The second kappa shape index (κ2) is 8.68. The van der Waals surface area contributed by atoms with Crippen LogP contribution in [-0.4, -0.2) is 34.4 Å². The van der Waals surface area contributed by atoms with Crippen molar-refractivity contribution in [3.05, 3.63) is 42.0 Å². The Morgan fingerprint density at radius 1 is 0.880 bits per heavy atom. The molecule has 0 fully saturated rings. The van der Waals surface area contributed by atoms with E-state index in [9.17, 15) is 0 Å². The van der Waals surface area contributed by atoms with Crippen LogP contribution in [0.4, 0.5) is 5.69 Å². The van der Waals surface area contributed by atoms with Gasteiger partial charge in [-0.05, 0) is 30.3 Å². The zero-order valence-corrected chi connectivity index (χ0v) is 14.8. The summed E-state index contributed by atoms with van der Waals surface area (Å²) in [6, 6.07) is 11.0.